The quantitative estimate of drug-likeness (QED) is 0.811. The van der Waals surface area contributed by atoms with E-state index in [0.29, 0.717) is 18.6 Å². The van der Waals surface area contributed by atoms with Gasteiger partial charge in [0.25, 0.3) is 11.6 Å². The van der Waals surface area contributed by atoms with E-state index in [2.05, 4.69) is 5.10 Å². The predicted molar refractivity (Wildman–Crippen MR) is 97.9 cm³/mol. The zero-order valence-corrected chi connectivity index (χ0v) is 16.4. The Labute approximate surface area is 162 Å². The van der Waals surface area contributed by atoms with Gasteiger partial charge in [-0.1, -0.05) is 26.8 Å². The van der Waals surface area contributed by atoms with Crippen LogP contribution in [0.4, 0.5) is 13.2 Å². The molecule has 1 N–H and O–H groups in total. The molecule has 2 aliphatic rings. The summed E-state index contributed by atoms with van der Waals surface area (Å²) in [5.74, 6) is -1.95. The van der Waals surface area contributed by atoms with Crippen molar-refractivity contribution in [2.75, 3.05) is 7.11 Å². The van der Waals surface area contributed by atoms with E-state index in [1.54, 1.807) is 6.07 Å². The van der Waals surface area contributed by atoms with E-state index in [0.717, 1.165) is 0 Å². The molecule has 3 atom stereocenters. The second-order valence-electron chi connectivity index (χ2n) is 8.55. The minimum atomic E-state index is -5.04. The van der Waals surface area contributed by atoms with Crippen molar-refractivity contribution in [1.29, 1.82) is 0 Å². The highest BCUT2D eigenvalue weighted by Crippen LogP contribution is 2.52. The summed E-state index contributed by atoms with van der Waals surface area (Å²) >= 11 is 0. The first-order valence-electron chi connectivity index (χ1n) is 9.24. The predicted octanol–water partition coefficient (Wildman–Crippen LogP) is 4.22. The lowest BCUT2D eigenvalue weighted by Gasteiger charge is -2.42. The average molecular weight is 398 g/mol. The summed E-state index contributed by atoms with van der Waals surface area (Å²) < 4.78 is 47.2. The summed E-state index contributed by atoms with van der Waals surface area (Å²) in [5.41, 5.74) is -3.36. The van der Waals surface area contributed by atoms with Gasteiger partial charge >= 0.3 is 6.18 Å². The van der Waals surface area contributed by atoms with Crippen molar-refractivity contribution in [3.8, 4) is 5.75 Å². The van der Waals surface area contributed by atoms with Gasteiger partial charge in [-0.2, -0.15) is 23.3 Å². The first kappa shape index (κ1) is 20.6. The molecule has 1 aromatic carbocycles. The van der Waals surface area contributed by atoms with Crippen LogP contribution in [0.1, 0.15) is 50.4 Å². The number of rotatable bonds is 2. The molecule has 1 aliphatic carbocycles. The van der Waals surface area contributed by atoms with Crippen LogP contribution in [0.3, 0.4) is 0 Å². The van der Waals surface area contributed by atoms with E-state index in [-0.39, 0.29) is 34.0 Å². The van der Waals surface area contributed by atoms with Crippen LogP contribution in [0.2, 0.25) is 0 Å². The van der Waals surface area contributed by atoms with Crippen LogP contribution in [0.15, 0.2) is 29.4 Å². The highest BCUT2D eigenvalue weighted by molar-refractivity contribution is 5.99. The number of carbonyl (C=O) groups excluding carboxylic acids is 1. The van der Waals surface area contributed by atoms with E-state index in [4.69, 9.17) is 4.74 Å². The molecule has 1 fully saturated rings. The van der Waals surface area contributed by atoms with Crippen LogP contribution in [-0.2, 0) is 0 Å². The molecule has 0 bridgehead atoms. The van der Waals surface area contributed by atoms with E-state index >= 15 is 0 Å². The Kier molecular flexibility index (Phi) is 4.98. The minimum absolute atomic E-state index is 0.0165. The third kappa shape index (κ3) is 3.27. The number of hydrogen-bond acceptors (Lipinski definition) is 4. The fourth-order valence-electron chi connectivity index (χ4n) is 4.09. The van der Waals surface area contributed by atoms with Gasteiger partial charge in [-0.15, -0.1) is 0 Å². The molecule has 1 heterocycles. The fourth-order valence-corrected chi connectivity index (χ4v) is 4.09. The first-order valence-corrected chi connectivity index (χ1v) is 9.24. The minimum Gasteiger partial charge on any atom is -0.497 e. The summed E-state index contributed by atoms with van der Waals surface area (Å²) in [6.07, 6.45) is -3.92. The van der Waals surface area contributed by atoms with E-state index in [9.17, 15) is 23.1 Å². The highest BCUT2D eigenvalue weighted by Gasteiger charge is 2.69. The van der Waals surface area contributed by atoms with Gasteiger partial charge in [0.05, 0.1) is 13.0 Å². The van der Waals surface area contributed by atoms with Crippen LogP contribution >= 0.6 is 0 Å². The SMILES string of the molecule is COc1cccc(C(=O)N2N=C3CC[C@H](C(C)(C)C)C[C@@H]3[C@]2(O)C(F)(F)F)c1. The summed E-state index contributed by atoms with van der Waals surface area (Å²) in [6.45, 7) is 5.92. The van der Waals surface area contributed by atoms with Gasteiger partial charge in [-0.05, 0) is 48.8 Å². The zero-order valence-electron chi connectivity index (χ0n) is 16.4. The molecule has 154 valence electrons. The number of benzene rings is 1. The van der Waals surface area contributed by atoms with Crippen LogP contribution in [-0.4, -0.2) is 40.7 Å². The molecule has 0 spiro atoms. The van der Waals surface area contributed by atoms with Crippen LogP contribution in [0.5, 0.6) is 5.75 Å². The molecule has 0 aromatic heterocycles. The summed E-state index contributed by atoms with van der Waals surface area (Å²) in [6, 6.07) is 5.79. The lowest BCUT2D eigenvalue weighted by atomic mass is 9.66. The molecular formula is C20H25F3N2O3. The maximum Gasteiger partial charge on any atom is 0.439 e. The molecule has 1 aliphatic heterocycles. The largest absolute Gasteiger partial charge is 0.497 e. The third-order valence-corrected chi connectivity index (χ3v) is 5.86. The van der Waals surface area contributed by atoms with Gasteiger partial charge in [0.1, 0.15) is 5.75 Å². The van der Waals surface area contributed by atoms with Gasteiger partial charge in [0.2, 0.25) is 0 Å². The second-order valence-corrected chi connectivity index (χ2v) is 8.55. The van der Waals surface area contributed by atoms with Gasteiger partial charge in [0, 0.05) is 11.3 Å². The van der Waals surface area contributed by atoms with Gasteiger partial charge in [0.15, 0.2) is 0 Å². The maximum atomic E-state index is 14.1. The Balaban J connectivity index is 2.02. The van der Waals surface area contributed by atoms with Crippen LogP contribution in [0.25, 0.3) is 0 Å². The summed E-state index contributed by atoms with van der Waals surface area (Å²) in [4.78, 5) is 12.9. The van der Waals surface area contributed by atoms with Crippen molar-refractivity contribution in [3.63, 3.8) is 0 Å². The Morgan fingerprint density at radius 3 is 2.57 bits per heavy atom. The molecule has 1 aromatic rings. The Hall–Kier alpha value is -2.09. The highest BCUT2D eigenvalue weighted by atomic mass is 19.4. The van der Waals surface area contributed by atoms with Crippen molar-refractivity contribution in [1.82, 2.24) is 5.01 Å². The molecule has 0 unspecified atom stereocenters. The van der Waals surface area contributed by atoms with Gasteiger partial charge < -0.3 is 9.84 Å². The van der Waals surface area contributed by atoms with Crippen molar-refractivity contribution in [2.24, 2.45) is 22.4 Å². The zero-order chi connectivity index (χ0) is 20.9. The topological polar surface area (TPSA) is 62.1 Å². The average Bonchev–Trinajstić information content (AvgIpc) is 2.94. The molecule has 1 saturated carbocycles. The summed E-state index contributed by atoms with van der Waals surface area (Å²) in [7, 11) is 1.40. The number of halogens is 3. The number of alkyl halides is 3. The normalized spacial score (nSPS) is 28.0. The summed E-state index contributed by atoms with van der Waals surface area (Å²) in [5, 5.41) is 15.1. The number of aliphatic hydroxyl groups is 1. The molecule has 0 radical (unpaired) electrons. The number of hydrazone groups is 1. The van der Waals surface area contributed by atoms with Gasteiger partial charge in [-0.3, -0.25) is 4.79 Å². The van der Waals surface area contributed by atoms with Gasteiger partial charge in [-0.25, -0.2) is 0 Å². The second kappa shape index (κ2) is 6.76. The van der Waals surface area contributed by atoms with E-state index in [1.807, 2.05) is 20.8 Å². The number of fused-ring (bicyclic) bond motifs is 1. The lowest BCUT2D eigenvalue weighted by molar-refractivity contribution is -0.314. The molecule has 3 rings (SSSR count). The molecule has 28 heavy (non-hydrogen) atoms. The van der Waals surface area contributed by atoms with Crippen molar-refractivity contribution < 1.29 is 27.8 Å². The third-order valence-electron chi connectivity index (χ3n) is 5.86. The molecule has 0 saturated heterocycles. The molecular weight excluding hydrogens is 373 g/mol. The lowest BCUT2D eigenvalue weighted by Crippen LogP contribution is -2.62. The van der Waals surface area contributed by atoms with Crippen LogP contribution in [0, 0.1) is 17.3 Å². The van der Waals surface area contributed by atoms with Crippen molar-refractivity contribution in [2.45, 2.75) is 51.9 Å². The molecule has 1 amide bonds. The van der Waals surface area contributed by atoms with Crippen molar-refractivity contribution >= 4 is 11.6 Å². The molecule has 5 nitrogen and oxygen atoms in total. The number of nitrogens with zero attached hydrogens (tertiary/aromatic N) is 2. The van der Waals surface area contributed by atoms with E-state index in [1.165, 1.54) is 25.3 Å². The number of amides is 1. The molecule has 8 heteroatoms. The maximum absolute atomic E-state index is 14.1. The number of ether oxygens (including phenoxy) is 1. The Morgan fingerprint density at radius 2 is 2.00 bits per heavy atom. The van der Waals surface area contributed by atoms with Crippen molar-refractivity contribution in [3.05, 3.63) is 29.8 Å². The number of hydrogen-bond donors (Lipinski definition) is 1. The first-order chi connectivity index (χ1) is 12.9. The Morgan fingerprint density at radius 1 is 1.32 bits per heavy atom. The number of methoxy groups -OCH3 is 1. The smallest absolute Gasteiger partial charge is 0.439 e. The van der Waals surface area contributed by atoms with Crippen LogP contribution < -0.4 is 4.74 Å². The Bertz CT molecular complexity index is 801. The standard InChI is InChI=1S/C20H25F3N2O3/c1-18(2,3)13-8-9-16-15(11-13)19(27,20(21,22)23)25(24-16)17(26)12-6-5-7-14(10-12)28-4/h5-7,10,13,15,27H,8-9,11H2,1-4H3/t13-,15-,19-/m0/s1. The number of carbonyl (C=O) groups is 1. The monoisotopic (exact) mass is 398 g/mol. The van der Waals surface area contributed by atoms with E-state index < -0.39 is 23.7 Å². The fraction of sp³-hybridized carbons (Fsp3) is 0.600.